The van der Waals surface area contributed by atoms with Gasteiger partial charge in [-0.1, -0.05) is 24.3 Å². The summed E-state index contributed by atoms with van der Waals surface area (Å²) in [6.07, 6.45) is 7.63. The van der Waals surface area contributed by atoms with Crippen molar-refractivity contribution in [2.45, 2.75) is 11.8 Å². The van der Waals surface area contributed by atoms with Crippen LogP contribution in [0.3, 0.4) is 0 Å². The van der Waals surface area contributed by atoms with Gasteiger partial charge in [0.05, 0.1) is 18.2 Å². The van der Waals surface area contributed by atoms with Crippen molar-refractivity contribution in [3.05, 3.63) is 114 Å². The molecule has 4 aromatic heterocycles. The highest BCUT2D eigenvalue weighted by Crippen LogP contribution is 2.41. The Balaban J connectivity index is 2.01. The Morgan fingerprint density at radius 2 is 1.57 bits per heavy atom. The Kier molecular flexibility index (Phi) is 5.44. The van der Waals surface area contributed by atoms with Gasteiger partial charge < -0.3 is 4.74 Å². The van der Waals surface area contributed by atoms with Crippen LogP contribution >= 0.6 is 0 Å². The van der Waals surface area contributed by atoms with E-state index in [1.165, 1.54) is 0 Å². The normalized spacial score (nSPS) is 10.9. The van der Waals surface area contributed by atoms with Crippen LogP contribution in [0, 0.1) is 11.3 Å². The topological polar surface area (TPSA) is 84.6 Å². The first-order chi connectivity index (χ1) is 14.8. The zero-order valence-electron chi connectivity index (χ0n) is 16.4. The summed E-state index contributed by atoms with van der Waals surface area (Å²) in [6.45, 7) is 0. The van der Waals surface area contributed by atoms with Gasteiger partial charge in [0.25, 0.3) is 0 Å². The summed E-state index contributed by atoms with van der Waals surface area (Å²) >= 11 is 0. The Hall–Kier alpha value is -4.11. The number of methoxy groups -OCH3 is 1. The quantitative estimate of drug-likeness (QED) is 0.496. The number of hydrogen-bond donors (Lipinski definition) is 0. The second kappa shape index (κ2) is 8.50. The smallest absolute Gasteiger partial charge is 0.213 e. The average molecular weight is 393 g/mol. The zero-order chi connectivity index (χ0) is 20.8. The third-order valence-electron chi connectivity index (χ3n) is 5.05. The molecule has 0 saturated heterocycles. The molecule has 0 aromatic carbocycles. The van der Waals surface area contributed by atoms with Crippen LogP contribution in [0.2, 0.25) is 0 Å². The predicted molar refractivity (Wildman–Crippen MR) is 112 cm³/mol. The molecule has 0 aliphatic rings. The van der Waals surface area contributed by atoms with Crippen LogP contribution in [0.4, 0.5) is 0 Å². The first kappa shape index (κ1) is 19.2. The van der Waals surface area contributed by atoms with Crippen molar-refractivity contribution in [3.8, 4) is 11.9 Å². The minimum atomic E-state index is -0.724. The summed E-state index contributed by atoms with van der Waals surface area (Å²) < 4.78 is 5.41. The van der Waals surface area contributed by atoms with Gasteiger partial charge in [0.15, 0.2) is 0 Å². The molecule has 0 aliphatic carbocycles. The van der Waals surface area contributed by atoms with E-state index >= 15 is 0 Å². The van der Waals surface area contributed by atoms with Gasteiger partial charge in [0.1, 0.15) is 11.8 Å². The van der Waals surface area contributed by atoms with Gasteiger partial charge in [-0.25, -0.2) is 9.97 Å². The first-order valence-electron chi connectivity index (χ1n) is 9.45. The lowest BCUT2D eigenvalue weighted by molar-refractivity contribution is 0.393. The van der Waals surface area contributed by atoms with Crippen molar-refractivity contribution >= 4 is 0 Å². The van der Waals surface area contributed by atoms with Crippen LogP contribution in [-0.2, 0) is 11.8 Å². The number of hydrogen-bond acceptors (Lipinski definition) is 6. The summed E-state index contributed by atoms with van der Waals surface area (Å²) in [5, 5.41) is 9.32. The van der Waals surface area contributed by atoms with Gasteiger partial charge in [-0.05, 0) is 41.5 Å². The molecule has 30 heavy (non-hydrogen) atoms. The van der Waals surface area contributed by atoms with Crippen LogP contribution < -0.4 is 4.74 Å². The molecule has 146 valence electrons. The molecule has 0 fully saturated rings. The number of rotatable bonds is 6. The molecule has 0 bridgehead atoms. The molecule has 0 spiro atoms. The van der Waals surface area contributed by atoms with Crippen molar-refractivity contribution in [2.75, 3.05) is 7.11 Å². The lowest BCUT2D eigenvalue weighted by Gasteiger charge is -2.34. The number of nitriles is 1. The average Bonchev–Trinajstić information content (AvgIpc) is 2.84. The number of aromatic nitrogens is 4. The van der Waals surface area contributed by atoms with E-state index in [0.717, 1.165) is 22.5 Å². The summed E-state index contributed by atoms with van der Waals surface area (Å²) in [7, 11) is 1.60. The SMILES string of the molecule is COc1cccc(C(Cc2cccc(C#N)n2)(c2cccnc2)c2cccnc2)n1. The third kappa shape index (κ3) is 3.61. The summed E-state index contributed by atoms with van der Waals surface area (Å²) in [5.41, 5.74) is 3.10. The second-order valence-electron chi connectivity index (χ2n) is 6.76. The van der Waals surface area contributed by atoms with Gasteiger partial charge >= 0.3 is 0 Å². The zero-order valence-corrected chi connectivity index (χ0v) is 16.4. The van der Waals surface area contributed by atoms with E-state index in [1.54, 1.807) is 25.6 Å². The maximum absolute atomic E-state index is 9.32. The Bertz CT molecular complexity index is 1130. The Morgan fingerprint density at radius 3 is 2.17 bits per heavy atom. The highest BCUT2D eigenvalue weighted by Gasteiger charge is 2.39. The number of nitrogens with zero attached hydrogens (tertiary/aromatic N) is 5. The van der Waals surface area contributed by atoms with Crippen LogP contribution in [0.15, 0.2) is 85.5 Å². The largest absolute Gasteiger partial charge is 0.481 e. The molecule has 0 atom stereocenters. The predicted octanol–water partition coefficient (Wildman–Crippen LogP) is 3.72. The van der Waals surface area contributed by atoms with E-state index in [2.05, 4.69) is 21.0 Å². The second-order valence-corrected chi connectivity index (χ2v) is 6.76. The number of ether oxygens (including phenoxy) is 1. The molecule has 0 aliphatic heterocycles. The fraction of sp³-hybridized carbons (Fsp3) is 0.125. The fourth-order valence-electron chi connectivity index (χ4n) is 3.67. The van der Waals surface area contributed by atoms with Crippen molar-refractivity contribution in [1.29, 1.82) is 5.26 Å². The molecule has 0 radical (unpaired) electrons. The van der Waals surface area contributed by atoms with E-state index in [9.17, 15) is 5.26 Å². The van der Waals surface area contributed by atoms with Gasteiger partial charge in [0.2, 0.25) is 5.88 Å². The summed E-state index contributed by atoms with van der Waals surface area (Å²) in [4.78, 5) is 18.1. The summed E-state index contributed by atoms with van der Waals surface area (Å²) in [6, 6.07) is 21.1. The van der Waals surface area contributed by atoms with Crippen molar-refractivity contribution < 1.29 is 4.74 Å². The maximum atomic E-state index is 9.32. The highest BCUT2D eigenvalue weighted by molar-refractivity contribution is 5.48. The minimum Gasteiger partial charge on any atom is -0.481 e. The Morgan fingerprint density at radius 1 is 0.867 bits per heavy atom. The van der Waals surface area contributed by atoms with Crippen LogP contribution in [0.1, 0.15) is 28.2 Å². The monoisotopic (exact) mass is 393 g/mol. The van der Waals surface area contributed by atoms with Crippen LogP contribution in [-0.4, -0.2) is 27.0 Å². The molecule has 0 amide bonds. The molecule has 6 nitrogen and oxygen atoms in total. The van der Waals surface area contributed by atoms with Crippen molar-refractivity contribution in [2.24, 2.45) is 0 Å². The van der Waals surface area contributed by atoms with Gasteiger partial charge in [0, 0.05) is 43.0 Å². The molecule has 0 unspecified atom stereocenters. The van der Waals surface area contributed by atoms with E-state index in [4.69, 9.17) is 9.72 Å². The molecule has 0 N–H and O–H groups in total. The molecule has 4 heterocycles. The van der Waals surface area contributed by atoms with Crippen molar-refractivity contribution in [3.63, 3.8) is 0 Å². The molecule has 4 aromatic rings. The molecule has 4 rings (SSSR count). The lowest BCUT2D eigenvalue weighted by Crippen LogP contribution is -2.34. The van der Waals surface area contributed by atoms with E-state index in [-0.39, 0.29) is 0 Å². The molecule has 6 heteroatoms. The van der Waals surface area contributed by atoms with Crippen molar-refractivity contribution in [1.82, 2.24) is 19.9 Å². The summed E-state index contributed by atoms with van der Waals surface area (Å²) in [5.74, 6) is 0.517. The fourth-order valence-corrected chi connectivity index (χ4v) is 3.67. The van der Waals surface area contributed by atoms with Gasteiger partial charge in [-0.3, -0.25) is 9.97 Å². The third-order valence-corrected chi connectivity index (χ3v) is 5.05. The van der Waals surface area contributed by atoms with E-state index < -0.39 is 5.41 Å². The van der Waals surface area contributed by atoms with E-state index in [1.807, 2.05) is 67.0 Å². The van der Waals surface area contributed by atoms with Gasteiger partial charge in [-0.2, -0.15) is 5.26 Å². The standard InChI is InChI=1S/C24H19N5O/c1-30-23-11-3-10-22(29-23)24(18-6-4-12-26-16-18,19-7-5-13-27-17-19)14-20-8-2-9-21(15-25)28-20/h2-13,16-17H,14H2,1H3. The highest BCUT2D eigenvalue weighted by atomic mass is 16.5. The lowest BCUT2D eigenvalue weighted by atomic mass is 9.69. The van der Waals surface area contributed by atoms with Crippen LogP contribution in [0.5, 0.6) is 5.88 Å². The van der Waals surface area contributed by atoms with Crippen LogP contribution in [0.25, 0.3) is 0 Å². The maximum Gasteiger partial charge on any atom is 0.213 e. The van der Waals surface area contributed by atoms with E-state index in [0.29, 0.717) is 18.0 Å². The molecular formula is C24H19N5O. The number of pyridine rings is 4. The molecular weight excluding hydrogens is 374 g/mol. The first-order valence-corrected chi connectivity index (χ1v) is 9.45. The Labute approximate surface area is 174 Å². The molecule has 0 saturated carbocycles. The van der Waals surface area contributed by atoms with Gasteiger partial charge in [-0.15, -0.1) is 0 Å². The minimum absolute atomic E-state index is 0.373.